The lowest BCUT2D eigenvalue weighted by Gasteiger charge is -2.26. The van der Waals surface area contributed by atoms with Gasteiger partial charge in [-0.15, -0.1) is 12.6 Å². The molecule has 32 heavy (non-hydrogen) atoms. The maximum atomic E-state index is 4.39. The summed E-state index contributed by atoms with van der Waals surface area (Å²) >= 11 is 4.39. The zero-order valence-electron chi connectivity index (χ0n) is 17.6. The Hall–Kier alpha value is -3.75. The van der Waals surface area contributed by atoms with E-state index in [1.807, 2.05) is 24.3 Å². The van der Waals surface area contributed by atoms with Crippen molar-refractivity contribution in [1.82, 2.24) is 0 Å². The van der Waals surface area contributed by atoms with Crippen molar-refractivity contribution in [3.63, 3.8) is 0 Å². The molecule has 0 aromatic heterocycles. The third-order valence-corrected chi connectivity index (χ3v) is 5.87. The molecule has 0 N–H and O–H groups in total. The molecule has 5 rings (SSSR count). The van der Waals surface area contributed by atoms with Crippen LogP contribution >= 0.6 is 12.6 Å². The third kappa shape index (κ3) is 4.32. The van der Waals surface area contributed by atoms with Crippen LogP contribution in [0.25, 0.3) is 22.3 Å². The Bertz CT molecular complexity index is 1280. The number of para-hydroxylation sites is 1. The van der Waals surface area contributed by atoms with Gasteiger partial charge in [-0.3, -0.25) is 0 Å². The number of nitrogens with zero attached hydrogens (tertiary/aromatic N) is 1. The van der Waals surface area contributed by atoms with Gasteiger partial charge in [0.25, 0.3) is 0 Å². The zero-order valence-corrected chi connectivity index (χ0v) is 18.5. The predicted octanol–water partition coefficient (Wildman–Crippen LogP) is 8.78. The molecule has 0 aliphatic heterocycles. The van der Waals surface area contributed by atoms with Crippen molar-refractivity contribution in [1.29, 1.82) is 0 Å². The molecular weight excluding hydrogens is 406 g/mol. The summed E-state index contributed by atoms with van der Waals surface area (Å²) in [5.74, 6) is 0. The van der Waals surface area contributed by atoms with Gasteiger partial charge in [0.2, 0.25) is 0 Å². The summed E-state index contributed by atoms with van der Waals surface area (Å²) in [4.78, 5) is 3.26. The molecule has 2 heteroatoms. The summed E-state index contributed by atoms with van der Waals surface area (Å²) in [5, 5.41) is 0. The molecule has 0 heterocycles. The fourth-order valence-electron chi connectivity index (χ4n) is 3.91. The number of thiol groups is 1. The minimum atomic E-state index is 0.972. The van der Waals surface area contributed by atoms with E-state index in [-0.39, 0.29) is 0 Å². The summed E-state index contributed by atoms with van der Waals surface area (Å²) in [7, 11) is 0. The summed E-state index contributed by atoms with van der Waals surface area (Å²) in [5.41, 5.74) is 8.20. The molecular formula is C30H23NS. The average Bonchev–Trinajstić information content (AvgIpc) is 2.87. The van der Waals surface area contributed by atoms with Crippen LogP contribution in [0.3, 0.4) is 0 Å². The molecule has 0 fully saturated rings. The van der Waals surface area contributed by atoms with Crippen LogP contribution in [0.2, 0.25) is 0 Å². The lowest BCUT2D eigenvalue weighted by atomic mass is 10.0. The smallest absolute Gasteiger partial charge is 0.0462 e. The Morgan fingerprint density at radius 2 is 0.688 bits per heavy atom. The molecule has 0 radical (unpaired) electrons. The summed E-state index contributed by atoms with van der Waals surface area (Å²) in [6.45, 7) is 0. The average molecular weight is 430 g/mol. The van der Waals surface area contributed by atoms with E-state index >= 15 is 0 Å². The SMILES string of the molecule is Sc1ccc(-c2ccc(N(c3ccccc3)c3ccc(-c4ccccc4)cc3)cc2)cc1. The highest BCUT2D eigenvalue weighted by Gasteiger charge is 2.12. The number of hydrogen-bond acceptors (Lipinski definition) is 2. The second-order valence-corrected chi connectivity index (χ2v) is 8.19. The van der Waals surface area contributed by atoms with Crippen LogP contribution in [-0.2, 0) is 0 Å². The molecule has 1 nitrogen and oxygen atoms in total. The highest BCUT2D eigenvalue weighted by atomic mass is 32.1. The van der Waals surface area contributed by atoms with Gasteiger partial charge in [-0.2, -0.15) is 0 Å². The highest BCUT2D eigenvalue weighted by molar-refractivity contribution is 7.80. The Morgan fingerprint density at radius 3 is 1.16 bits per heavy atom. The molecule has 0 aliphatic rings. The van der Waals surface area contributed by atoms with Crippen molar-refractivity contribution >= 4 is 29.7 Å². The lowest BCUT2D eigenvalue weighted by molar-refractivity contribution is 1.28. The van der Waals surface area contributed by atoms with Crippen molar-refractivity contribution in [2.24, 2.45) is 0 Å². The second kappa shape index (κ2) is 9.17. The van der Waals surface area contributed by atoms with Gasteiger partial charge in [-0.05, 0) is 70.8 Å². The molecule has 154 valence electrons. The fraction of sp³-hybridized carbons (Fsp3) is 0. The van der Waals surface area contributed by atoms with Gasteiger partial charge < -0.3 is 4.90 Å². The van der Waals surface area contributed by atoms with Crippen LogP contribution in [0.5, 0.6) is 0 Å². The largest absolute Gasteiger partial charge is 0.311 e. The Kier molecular flexibility index (Phi) is 5.78. The summed E-state index contributed by atoms with van der Waals surface area (Å²) < 4.78 is 0. The summed E-state index contributed by atoms with van der Waals surface area (Å²) in [6, 6.07) is 46.7. The highest BCUT2D eigenvalue weighted by Crippen LogP contribution is 2.36. The van der Waals surface area contributed by atoms with Crippen molar-refractivity contribution in [3.05, 3.63) is 133 Å². The van der Waals surface area contributed by atoms with Crippen molar-refractivity contribution in [3.8, 4) is 22.3 Å². The minimum absolute atomic E-state index is 0.972. The third-order valence-electron chi connectivity index (χ3n) is 5.57. The first-order valence-electron chi connectivity index (χ1n) is 10.7. The predicted molar refractivity (Wildman–Crippen MR) is 139 cm³/mol. The van der Waals surface area contributed by atoms with Crippen LogP contribution in [0, 0.1) is 0 Å². The van der Waals surface area contributed by atoms with E-state index in [4.69, 9.17) is 0 Å². The van der Waals surface area contributed by atoms with E-state index in [9.17, 15) is 0 Å². The molecule has 5 aromatic rings. The van der Waals surface area contributed by atoms with Gasteiger partial charge in [0.15, 0.2) is 0 Å². The Balaban J connectivity index is 1.51. The molecule has 0 saturated heterocycles. The number of rotatable bonds is 5. The number of hydrogen-bond donors (Lipinski definition) is 1. The van der Waals surface area contributed by atoms with E-state index < -0.39 is 0 Å². The Morgan fingerprint density at radius 1 is 0.344 bits per heavy atom. The standard InChI is InChI=1S/C30H23NS/c32-30-21-15-26(16-22-30)25-13-19-29(20-14-25)31(27-9-5-2-6-10-27)28-17-11-24(12-18-28)23-7-3-1-4-8-23/h1-22,32H. The monoisotopic (exact) mass is 429 g/mol. The topological polar surface area (TPSA) is 3.24 Å². The molecule has 0 atom stereocenters. The van der Waals surface area contributed by atoms with Gasteiger partial charge in [-0.1, -0.05) is 84.9 Å². The van der Waals surface area contributed by atoms with E-state index in [2.05, 4.69) is 127 Å². The first kappa shape index (κ1) is 20.2. The molecule has 0 bridgehead atoms. The maximum absolute atomic E-state index is 4.39. The van der Waals surface area contributed by atoms with E-state index in [1.165, 1.54) is 22.3 Å². The Labute approximate surface area is 195 Å². The van der Waals surface area contributed by atoms with Crippen LogP contribution < -0.4 is 4.90 Å². The summed E-state index contributed by atoms with van der Waals surface area (Å²) in [6.07, 6.45) is 0. The van der Waals surface area contributed by atoms with Crippen molar-refractivity contribution in [2.45, 2.75) is 4.90 Å². The first-order chi connectivity index (χ1) is 15.8. The molecule has 0 amide bonds. The molecule has 5 aromatic carbocycles. The van der Waals surface area contributed by atoms with Gasteiger partial charge in [0, 0.05) is 22.0 Å². The van der Waals surface area contributed by atoms with Crippen molar-refractivity contribution < 1.29 is 0 Å². The van der Waals surface area contributed by atoms with Crippen molar-refractivity contribution in [2.75, 3.05) is 4.90 Å². The fourth-order valence-corrected chi connectivity index (χ4v) is 4.06. The quantitative estimate of drug-likeness (QED) is 0.273. The number of anilines is 3. The van der Waals surface area contributed by atoms with Gasteiger partial charge in [0.1, 0.15) is 0 Å². The van der Waals surface area contributed by atoms with Gasteiger partial charge in [0.05, 0.1) is 0 Å². The number of benzene rings is 5. The van der Waals surface area contributed by atoms with Crippen LogP contribution in [0.4, 0.5) is 17.1 Å². The van der Waals surface area contributed by atoms with E-state index in [0.29, 0.717) is 0 Å². The normalized spacial score (nSPS) is 10.7. The second-order valence-electron chi connectivity index (χ2n) is 7.68. The molecule has 0 saturated carbocycles. The van der Waals surface area contributed by atoms with Gasteiger partial charge in [-0.25, -0.2) is 0 Å². The first-order valence-corrected chi connectivity index (χ1v) is 11.1. The molecule has 0 unspecified atom stereocenters. The van der Waals surface area contributed by atoms with Gasteiger partial charge >= 0.3 is 0 Å². The van der Waals surface area contributed by atoms with Crippen LogP contribution in [0.15, 0.2) is 138 Å². The van der Waals surface area contributed by atoms with Crippen LogP contribution in [0.1, 0.15) is 0 Å². The van der Waals surface area contributed by atoms with Crippen LogP contribution in [-0.4, -0.2) is 0 Å². The van der Waals surface area contributed by atoms with E-state index in [0.717, 1.165) is 22.0 Å². The van der Waals surface area contributed by atoms with E-state index in [1.54, 1.807) is 0 Å². The maximum Gasteiger partial charge on any atom is 0.0462 e. The molecule has 0 spiro atoms. The molecule has 0 aliphatic carbocycles. The lowest BCUT2D eigenvalue weighted by Crippen LogP contribution is -2.09. The minimum Gasteiger partial charge on any atom is -0.311 e. The zero-order chi connectivity index (χ0) is 21.8.